The molecule has 3 aromatic rings. The lowest BCUT2D eigenvalue weighted by Gasteiger charge is -2.26. The fourth-order valence-electron chi connectivity index (χ4n) is 4.08. The van der Waals surface area contributed by atoms with E-state index >= 15 is 0 Å². The van der Waals surface area contributed by atoms with Crippen LogP contribution in [0.15, 0.2) is 54.7 Å². The van der Waals surface area contributed by atoms with Crippen molar-refractivity contribution < 1.29 is 17.2 Å². The monoisotopic (exact) mass is 491 g/mol. The minimum absolute atomic E-state index is 0. The molecule has 2 N–H and O–H groups in total. The summed E-state index contributed by atoms with van der Waals surface area (Å²) in [6.45, 7) is 10.0. The molecule has 1 amide bonds. The molecule has 0 aliphatic carbocycles. The van der Waals surface area contributed by atoms with Gasteiger partial charge < -0.3 is 20.3 Å². The number of ketones is 1. The third-order valence-corrected chi connectivity index (χ3v) is 5.99. The molecule has 36 heavy (non-hydrogen) atoms. The number of aryl methyl sites for hydroxylation is 1. The van der Waals surface area contributed by atoms with Crippen molar-refractivity contribution >= 4 is 23.5 Å². The maximum absolute atomic E-state index is 13.4. The van der Waals surface area contributed by atoms with Gasteiger partial charge in [0.15, 0.2) is 0 Å². The highest BCUT2D eigenvalue weighted by molar-refractivity contribution is 6.11. The Balaban J connectivity index is 0.00000253. The predicted molar refractivity (Wildman–Crippen MR) is 145 cm³/mol. The topological polar surface area (TPSA) is 102 Å². The summed E-state index contributed by atoms with van der Waals surface area (Å²) in [4.78, 5) is 38.6. The van der Waals surface area contributed by atoms with Crippen LogP contribution in [0.5, 0.6) is 0 Å². The Kier molecular flexibility index (Phi) is 7.24. The number of ether oxygens (including phenoxy) is 1. The number of nitrogens with two attached hydrogens (primary N) is 1. The zero-order valence-corrected chi connectivity index (χ0v) is 21.3. The second kappa shape index (κ2) is 10.4. The number of carbonyl (C=O) groups is 2. The minimum Gasteiger partial charge on any atom is -0.444 e. The van der Waals surface area contributed by atoms with Crippen LogP contribution in [0.2, 0.25) is 0 Å². The van der Waals surface area contributed by atoms with E-state index in [1.54, 1.807) is 23.2 Å². The third kappa shape index (κ3) is 6.00. The lowest BCUT2D eigenvalue weighted by molar-refractivity contribution is 0.0263. The lowest BCUT2D eigenvalue weighted by Crippen LogP contribution is -2.39. The van der Waals surface area contributed by atoms with Crippen molar-refractivity contribution in [1.29, 1.82) is 0 Å². The molecule has 0 saturated carbocycles. The van der Waals surface area contributed by atoms with Crippen LogP contribution in [-0.2, 0) is 4.74 Å². The van der Waals surface area contributed by atoms with Crippen molar-refractivity contribution in [3.63, 3.8) is 0 Å². The number of amides is 1. The predicted octanol–water partition coefficient (Wildman–Crippen LogP) is 5.20. The summed E-state index contributed by atoms with van der Waals surface area (Å²) in [6.07, 6.45) is 2.14. The molecule has 0 radical (unpaired) electrons. The van der Waals surface area contributed by atoms with Crippen molar-refractivity contribution in [2.75, 3.05) is 36.8 Å². The van der Waals surface area contributed by atoms with E-state index in [0.717, 1.165) is 29.7 Å². The lowest BCUT2D eigenvalue weighted by atomic mass is 10.0. The van der Waals surface area contributed by atoms with Gasteiger partial charge in [0, 0.05) is 40.8 Å². The van der Waals surface area contributed by atoms with Gasteiger partial charge in [0.05, 0.1) is 5.56 Å². The Bertz CT molecular complexity index is 1260. The Morgan fingerprint density at radius 2 is 1.75 bits per heavy atom. The number of aromatic nitrogens is 2. The number of nitrogens with zero attached hydrogens (tertiary/aromatic N) is 4. The van der Waals surface area contributed by atoms with E-state index in [1.807, 2.05) is 64.1 Å². The molecular formula is C28H37N5O3. The zero-order valence-electron chi connectivity index (χ0n) is 21.3. The summed E-state index contributed by atoms with van der Waals surface area (Å²) in [6, 6.07) is 15.2. The van der Waals surface area contributed by atoms with Gasteiger partial charge in [0.25, 0.3) is 0 Å². The highest BCUT2D eigenvalue weighted by atomic mass is 16.6. The number of rotatable bonds is 4. The number of carbonyl (C=O) groups excluding carboxylic acids is 2. The number of anilines is 2. The summed E-state index contributed by atoms with van der Waals surface area (Å²) in [7, 11) is 0. The Labute approximate surface area is 215 Å². The normalized spacial score (nSPS) is 14.3. The summed E-state index contributed by atoms with van der Waals surface area (Å²) in [5, 5.41) is 0. The Morgan fingerprint density at radius 3 is 2.47 bits per heavy atom. The summed E-state index contributed by atoms with van der Waals surface area (Å²) < 4.78 is 5.52. The molecule has 1 aliphatic heterocycles. The van der Waals surface area contributed by atoms with Crippen molar-refractivity contribution in [1.82, 2.24) is 14.9 Å². The van der Waals surface area contributed by atoms with Crippen LogP contribution in [0.1, 0.15) is 51.7 Å². The number of hydrogen-bond donors (Lipinski definition) is 1. The second-order valence-electron chi connectivity index (χ2n) is 10.0. The first-order valence-electron chi connectivity index (χ1n) is 12.2. The zero-order chi connectivity index (χ0) is 25.9. The molecule has 1 aromatic carbocycles. The number of benzene rings is 1. The third-order valence-electron chi connectivity index (χ3n) is 5.99. The Morgan fingerprint density at radius 1 is 1.00 bits per heavy atom. The molecular weight excluding hydrogens is 454 g/mol. The van der Waals surface area contributed by atoms with Gasteiger partial charge >= 0.3 is 6.09 Å². The molecule has 0 atom stereocenters. The standard InChI is InChI=1S/C28H33N5O3.2H2/c1-19-9-11-20(12-10-19)21-17-22(26(29)30-18-21)25(34)23-7-5-8-24(31-23)32-13-6-14-33(16-15-32)27(35)36-28(2,3)4;;/h5,7-12,17-18H,6,13-16H2,1-4H3,(H2,29,30);2*1H. The van der Waals surface area contributed by atoms with Crippen LogP contribution in [-0.4, -0.2) is 58.5 Å². The first-order valence-corrected chi connectivity index (χ1v) is 12.2. The molecule has 0 spiro atoms. The van der Waals surface area contributed by atoms with Gasteiger partial charge in [0.2, 0.25) is 5.78 Å². The molecule has 8 heteroatoms. The van der Waals surface area contributed by atoms with Crippen LogP contribution in [0.25, 0.3) is 11.1 Å². The van der Waals surface area contributed by atoms with E-state index in [9.17, 15) is 9.59 Å². The average Bonchev–Trinajstić information content (AvgIpc) is 3.10. The van der Waals surface area contributed by atoms with Crippen molar-refractivity contribution in [3.8, 4) is 11.1 Å². The quantitative estimate of drug-likeness (QED) is 0.500. The van der Waals surface area contributed by atoms with Crippen LogP contribution in [0.4, 0.5) is 16.4 Å². The van der Waals surface area contributed by atoms with Crippen LogP contribution in [0.3, 0.4) is 0 Å². The van der Waals surface area contributed by atoms with E-state index in [0.29, 0.717) is 36.7 Å². The van der Waals surface area contributed by atoms with Crippen LogP contribution in [0, 0.1) is 6.92 Å². The maximum atomic E-state index is 13.4. The van der Waals surface area contributed by atoms with Crippen LogP contribution < -0.4 is 10.6 Å². The summed E-state index contributed by atoms with van der Waals surface area (Å²) in [5.41, 5.74) is 9.12. The first-order chi connectivity index (χ1) is 17.1. The van der Waals surface area contributed by atoms with E-state index in [-0.39, 0.29) is 20.5 Å². The van der Waals surface area contributed by atoms with Crippen molar-refractivity contribution in [3.05, 3.63) is 71.5 Å². The van der Waals surface area contributed by atoms with Crippen molar-refractivity contribution in [2.24, 2.45) is 0 Å². The Hall–Kier alpha value is -3.94. The van der Waals surface area contributed by atoms with E-state index < -0.39 is 5.60 Å². The van der Waals surface area contributed by atoms with E-state index in [2.05, 4.69) is 14.9 Å². The fourth-order valence-corrected chi connectivity index (χ4v) is 4.08. The van der Waals surface area contributed by atoms with Gasteiger partial charge in [-0.3, -0.25) is 4.79 Å². The fraction of sp³-hybridized carbons (Fsp3) is 0.357. The molecule has 1 fully saturated rings. The average molecular weight is 492 g/mol. The van der Waals surface area contributed by atoms with E-state index in [1.165, 1.54) is 0 Å². The van der Waals surface area contributed by atoms with Crippen molar-refractivity contribution in [2.45, 2.75) is 39.7 Å². The minimum atomic E-state index is -0.535. The summed E-state index contributed by atoms with van der Waals surface area (Å²) in [5.74, 6) is 0.583. The second-order valence-corrected chi connectivity index (χ2v) is 10.0. The molecule has 2 aromatic heterocycles. The molecule has 3 heterocycles. The number of hydrogen-bond acceptors (Lipinski definition) is 7. The molecule has 0 bridgehead atoms. The first kappa shape index (κ1) is 25.2. The molecule has 8 nitrogen and oxygen atoms in total. The number of pyridine rings is 2. The van der Waals surface area contributed by atoms with E-state index in [4.69, 9.17) is 10.5 Å². The summed E-state index contributed by atoms with van der Waals surface area (Å²) >= 11 is 0. The SMILES string of the molecule is Cc1ccc(-c2cnc(N)c(C(=O)c3cccc(N4CCCN(C(=O)OC(C)(C)C)CC4)n3)c2)cc1.[HH].[HH]. The molecule has 1 aliphatic rings. The van der Waals surface area contributed by atoms with Crippen LogP contribution >= 0.6 is 0 Å². The van der Waals surface area contributed by atoms with Gasteiger partial charge in [-0.1, -0.05) is 35.9 Å². The molecule has 4 rings (SSSR count). The van der Waals surface area contributed by atoms with Gasteiger partial charge in [0.1, 0.15) is 22.9 Å². The highest BCUT2D eigenvalue weighted by Crippen LogP contribution is 2.25. The largest absolute Gasteiger partial charge is 0.444 e. The van der Waals surface area contributed by atoms with Gasteiger partial charge in [-0.05, 0) is 57.9 Å². The van der Waals surface area contributed by atoms with Gasteiger partial charge in [-0.15, -0.1) is 0 Å². The molecule has 0 unspecified atom stereocenters. The molecule has 1 saturated heterocycles. The maximum Gasteiger partial charge on any atom is 0.410 e. The highest BCUT2D eigenvalue weighted by Gasteiger charge is 2.25. The smallest absolute Gasteiger partial charge is 0.410 e. The van der Waals surface area contributed by atoms with Gasteiger partial charge in [-0.2, -0.15) is 0 Å². The van der Waals surface area contributed by atoms with Gasteiger partial charge in [-0.25, -0.2) is 14.8 Å². The molecule has 192 valence electrons. The number of nitrogen functional groups attached to an aromatic ring is 1.